The summed E-state index contributed by atoms with van der Waals surface area (Å²) in [7, 11) is 0. The van der Waals surface area contributed by atoms with Crippen molar-refractivity contribution in [2.75, 3.05) is 37.7 Å². The molecule has 1 saturated carbocycles. The second-order valence-electron chi connectivity index (χ2n) is 7.12. The largest absolute Gasteiger partial charge is 0.378 e. The maximum Gasteiger partial charge on any atom is 0.292 e. The van der Waals surface area contributed by atoms with E-state index in [9.17, 15) is 4.79 Å². The molecule has 0 N–H and O–H groups in total. The molecule has 0 radical (unpaired) electrons. The first kappa shape index (κ1) is 17.1. The first-order chi connectivity index (χ1) is 12.8. The summed E-state index contributed by atoms with van der Waals surface area (Å²) in [5.41, 5.74) is 1.13. The molecule has 0 unspecified atom stereocenters. The number of rotatable bonds is 6. The second-order valence-corrected chi connectivity index (χ2v) is 7.12. The molecule has 6 heteroatoms. The maximum atomic E-state index is 13.1. The summed E-state index contributed by atoms with van der Waals surface area (Å²) < 4.78 is 10.8. The molecule has 1 aliphatic carbocycles. The van der Waals surface area contributed by atoms with Crippen LogP contribution in [0.5, 0.6) is 0 Å². The van der Waals surface area contributed by atoms with Crippen LogP contribution in [-0.2, 0) is 11.3 Å². The van der Waals surface area contributed by atoms with Gasteiger partial charge >= 0.3 is 0 Å². The predicted molar refractivity (Wildman–Crippen MR) is 98.1 cm³/mol. The van der Waals surface area contributed by atoms with Gasteiger partial charge < -0.3 is 19.1 Å². The fourth-order valence-electron chi connectivity index (χ4n) is 3.47. The Morgan fingerprint density at radius 2 is 1.96 bits per heavy atom. The molecule has 2 heterocycles. The maximum absolute atomic E-state index is 13.1. The lowest BCUT2D eigenvalue weighted by molar-refractivity contribution is 0.0638. The van der Waals surface area contributed by atoms with Crippen molar-refractivity contribution < 1.29 is 14.1 Å². The minimum Gasteiger partial charge on any atom is -0.378 e. The molecule has 1 aromatic heterocycles. The predicted octanol–water partition coefficient (Wildman–Crippen LogP) is 2.95. The molecule has 1 saturated heterocycles. The summed E-state index contributed by atoms with van der Waals surface area (Å²) in [5.74, 6) is 1.57. The van der Waals surface area contributed by atoms with E-state index in [-0.39, 0.29) is 5.91 Å². The topological polar surface area (TPSA) is 58.8 Å². The zero-order valence-electron chi connectivity index (χ0n) is 15.0. The highest BCUT2D eigenvalue weighted by Gasteiger charge is 2.27. The average Bonchev–Trinajstić information content (AvgIpc) is 3.15. The molecule has 0 bridgehead atoms. The highest BCUT2D eigenvalue weighted by atomic mass is 16.5. The number of anilines is 1. The summed E-state index contributed by atoms with van der Waals surface area (Å²) >= 11 is 0. The molecule has 6 nitrogen and oxygen atoms in total. The molecule has 138 valence electrons. The fraction of sp³-hybridized carbons (Fsp3) is 0.500. The number of ether oxygens (including phenoxy) is 1. The molecular weight excluding hydrogens is 330 g/mol. The van der Waals surface area contributed by atoms with Crippen LogP contribution in [0.2, 0.25) is 0 Å². The Morgan fingerprint density at radius 1 is 1.19 bits per heavy atom. The van der Waals surface area contributed by atoms with Crippen molar-refractivity contribution in [2.45, 2.75) is 25.8 Å². The molecule has 2 fully saturated rings. The van der Waals surface area contributed by atoms with Gasteiger partial charge in [-0.15, -0.1) is 0 Å². The number of morpholine rings is 1. The number of amides is 1. The van der Waals surface area contributed by atoms with Crippen molar-refractivity contribution >= 4 is 11.7 Å². The SMILES string of the molecule is O=C(c1cc(N2CCOCC2)no1)N(Cc1ccccc1)CC1CCC1. The van der Waals surface area contributed by atoms with Crippen molar-refractivity contribution in [3.8, 4) is 0 Å². The van der Waals surface area contributed by atoms with E-state index in [1.807, 2.05) is 23.1 Å². The van der Waals surface area contributed by atoms with Gasteiger partial charge in [-0.05, 0) is 24.3 Å². The van der Waals surface area contributed by atoms with Gasteiger partial charge in [-0.1, -0.05) is 41.9 Å². The van der Waals surface area contributed by atoms with Crippen LogP contribution in [0.3, 0.4) is 0 Å². The number of hydrogen-bond donors (Lipinski definition) is 0. The quantitative estimate of drug-likeness (QED) is 0.797. The van der Waals surface area contributed by atoms with Gasteiger partial charge in [-0.2, -0.15) is 0 Å². The van der Waals surface area contributed by atoms with Gasteiger partial charge in [0, 0.05) is 32.2 Å². The minimum absolute atomic E-state index is 0.0761. The summed E-state index contributed by atoms with van der Waals surface area (Å²) in [6, 6.07) is 11.9. The van der Waals surface area contributed by atoms with E-state index < -0.39 is 0 Å². The van der Waals surface area contributed by atoms with Gasteiger partial charge in [0.15, 0.2) is 5.82 Å². The van der Waals surface area contributed by atoms with Gasteiger partial charge in [0.1, 0.15) is 0 Å². The van der Waals surface area contributed by atoms with Crippen LogP contribution in [-0.4, -0.2) is 48.8 Å². The molecule has 1 aliphatic heterocycles. The lowest BCUT2D eigenvalue weighted by atomic mass is 9.85. The van der Waals surface area contributed by atoms with Crippen LogP contribution >= 0.6 is 0 Å². The summed E-state index contributed by atoms with van der Waals surface area (Å²) in [4.78, 5) is 17.1. The number of hydrogen-bond acceptors (Lipinski definition) is 5. The van der Waals surface area contributed by atoms with Gasteiger partial charge in [-0.3, -0.25) is 4.79 Å². The molecule has 0 spiro atoms. The standard InChI is InChI=1S/C20H25N3O3/c24-20(18-13-19(21-26-18)22-9-11-25-12-10-22)23(15-17-7-4-8-17)14-16-5-2-1-3-6-16/h1-3,5-6,13,17H,4,7-12,14-15H2. The molecule has 4 rings (SSSR count). The Kier molecular flexibility index (Phi) is 5.20. The van der Waals surface area contributed by atoms with E-state index in [0.717, 1.165) is 31.0 Å². The van der Waals surface area contributed by atoms with Gasteiger partial charge in [-0.25, -0.2) is 0 Å². The van der Waals surface area contributed by atoms with Crippen LogP contribution in [0.4, 0.5) is 5.82 Å². The highest BCUT2D eigenvalue weighted by molar-refractivity contribution is 5.92. The fourth-order valence-corrected chi connectivity index (χ4v) is 3.47. The Labute approximate surface area is 153 Å². The zero-order valence-corrected chi connectivity index (χ0v) is 15.0. The van der Waals surface area contributed by atoms with Crippen LogP contribution in [0.1, 0.15) is 35.4 Å². The lowest BCUT2D eigenvalue weighted by Crippen LogP contribution is -2.37. The Bertz CT molecular complexity index is 721. The van der Waals surface area contributed by atoms with E-state index >= 15 is 0 Å². The minimum atomic E-state index is -0.0761. The molecule has 2 aliphatic rings. The summed E-state index contributed by atoms with van der Waals surface area (Å²) in [6.07, 6.45) is 3.67. The van der Waals surface area contributed by atoms with Gasteiger partial charge in [0.2, 0.25) is 5.76 Å². The van der Waals surface area contributed by atoms with Gasteiger partial charge in [0.25, 0.3) is 5.91 Å². The third-order valence-corrected chi connectivity index (χ3v) is 5.25. The Hall–Kier alpha value is -2.34. The first-order valence-electron chi connectivity index (χ1n) is 9.42. The summed E-state index contributed by atoms with van der Waals surface area (Å²) in [6.45, 7) is 4.28. The molecule has 0 atom stereocenters. The Morgan fingerprint density at radius 3 is 2.65 bits per heavy atom. The Balaban J connectivity index is 1.48. The molecule has 1 amide bonds. The molecule has 2 aromatic rings. The monoisotopic (exact) mass is 355 g/mol. The number of aromatic nitrogens is 1. The second kappa shape index (κ2) is 7.91. The zero-order chi connectivity index (χ0) is 17.8. The smallest absolute Gasteiger partial charge is 0.292 e. The van der Waals surface area contributed by atoms with E-state index in [1.54, 1.807) is 6.07 Å². The van der Waals surface area contributed by atoms with Crippen LogP contribution in [0, 0.1) is 5.92 Å². The van der Waals surface area contributed by atoms with Crippen molar-refractivity contribution in [1.82, 2.24) is 10.1 Å². The number of carbonyl (C=O) groups excluding carboxylic acids is 1. The lowest BCUT2D eigenvalue weighted by Gasteiger charge is -2.32. The highest BCUT2D eigenvalue weighted by Crippen LogP contribution is 2.28. The molecule has 26 heavy (non-hydrogen) atoms. The third-order valence-electron chi connectivity index (χ3n) is 5.25. The van der Waals surface area contributed by atoms with Crippen LogP contribution < -0.4 is 4.90 Å². The van der Waals surface area contributed by atoms with Crippen molar-refractivity contribution in [1.29, 1.82) is 0 Å². The van der Waals surface area contributed by atoms with E-state index in [1.165, 1.54) is 19.3 Å². The average molecular weight is 355 g/mol. The number of carbonyl (C=O) groups is 1. The van der Waals surface area contributed by atoms with E-state index in [2.05, 4.69) is 22.2 Å². The number of nitrogens with zero attached hydrogens (tertiary/aromatic N) is 3. The first-order valence-corrected chi connectivity index (χ1v) is 9.42. The molecular formula is C20H25N3O3. The normalized spacial score (nSPS) is 17.8. The van der Waals surface area contributed by atoms with E-state index in [4.69, 9.17) is 9.26 Å². The molecule has 1 aromatic carbocycles. The summed E-state index contributed by atoms with van der Waals surface area (Å²) in [5, 5.41) is 4.11. The van der Waals surface area contributed by atoms with Crippen LogP contribution in [0.25, 0.3) is 0 Å². The third kappa shape index (κ3) is 3.90. The number of benzene rings is 1. The van der Waals surface area contributed by atoms with Crippen molar-refractivity contribution in [3.63, 3.8) is 0 Å². The van der Waals surface area contributed by atoms with Crippen LogP contribution in [0.15, 0.2) is 40.9 Å². The van der Waals surface area contributed by atoms with Crippen molar-refractivity contribution in [3.05, 3.63) is 47.7 Å². The van der Waals surface area contributed by atoms with Crippen molar-refractivity contribution in [2.24, 2.45) is 5.92 Å². The van der Waals surface area contributed by atoms with Gasteiger partial charge in [0.05, 0.1) is 13.2 Å². The van der Waals surface area contributed by atoms with E-state index in [0.29, 0.717) is 31.4 Å².